The fourth-order valence-electron chi connectivity index (χ4n) is 2.19. The Kier molecular flexibility index (Phi) is 5.51. The van der Waals surface area contributed by atoms with Gasteiger partial charge in [-0.25, -0.2) is 4.39 Å². The summed E-state index contributed by atoms with van der Waals surface area (Å²) < 4.78 is 13.0. The average Bonchev–Trinajstić information content (AvgIpc) is 2.50. The zero-order valence-corrected chi connectivity index (χ0v) is 12.9. The minimum Gasteiger partial charge on any atom is -0.387 e. The lowest BCUT2D eigenvalue weighted by molar-refractivity contribution is 0.124. The Labute approximate surface area is 134 Å². The molecule has 1 atom stereocenters. The number of nitriles is 1. The van der Waals surface area contributed by atoms with Gasteiger partial charge in [0.25, 0.3) is 0 Å². The molecule has 2 aromatic rings. The van der Waals surface area contributed by atoms with Crippen molar-refractivity contribution >= 4 is 11.6 Å². The van der Waals surface area contributed by atoms with Crippen LogP contribution in [0.3, 0.4) is 0 Å². The summed E-state index contributed by atoms with van der Waals surface area (Å²) >= 11 is 6.00. The maximum atomic E-state index is 13.0. The van der Waals surface area contributed by atoms with E-state index in [0.29, 0.717) is 23.7 Å². The van der Waals surface area contributed by atoms with E-state index in [4.69, 9.17) is 16.9 Å². The van der Waals surface area contributed by atoms with E-state index in [9.17, 15) is 9.50 Å². The van der Waals surface area contributed by atoms with E-state index in [1.165, 1.54) is 12.1 Å². The topological polar surface area (TPSA) is 47.3 Å². The van der Waals surface area contributed by atoms with Crippen LogP contribution in [0.15, 0.2) is 42.5 Å². The van der Waals surface area contributed by atoms with E-state index in [1.54, 1.807) is 30.3 Å². The van der Waals surface area contributed by atoms with E-state index in [2.05, 4.69) is 0 Å². The number of nitrogens with zero attached hydrogens (tertiary/aromatic N) is 2. The summed E-state index contributed by atoms with van der Waals surface area (Å²) in [6, 6.07) is 13.2. The second kappa shape index (κ2) is 7.37. The molecule has 2 rings (SSSR count). The molecule has 2 aromatic carbocycles. The Morgan fingerprint density at radius 2 is 1.95 bits per heavy atom. The van der Waals surface area contributed by atoms with E-state index >= 15 is 0 Å². The van der Waals surface area contributed by atoms with Crippen molar-refractivity contribution in [2.24, 2.45) is 0 Å². The van der Waals surface area contributed by atoms with Crippen LogP contribution in [-0.4, -0.2) is 23.6 Å². The molecule has 1 N–H and O–H groups in total. The predicted molar refractivity (Wildman–Crippen MR) is 83.9 cm³/mol. The number of aliphatic hydroxyl groups excluding tert-OH is 1. The van der Waals surface area contributed by atoms with Crippen LogP contribution in [0.5, 0.6) is 0 Å². The first-order valence-corrected chi connectivity index (χ1v) is 7.18. The van der Waals surface area contributed by atoms with Crippen LogP contribution in [0.4, 0.5) is 4.39 Å². The molecule has 0 heterocycles. The standard InChI is InChI=1S/C17H16ClFN2O/c1-21(10-14-6-7-15(19)8-16(14)18)11-17(22)13-4-2-12(9-20)3-5-13/h2-8,17,22H,10-11H2,1H3. The highest BCUT2D eigenvalue weighted by Crippen LogP contribution is 2.20. The van der Waals surface area contributed by atoms with Gasteiger partial charge in [0, 0.05) is 18.1 Å². The van der Waals surface area contributed by atoms with Crippen LogP contribution < -0.4 is 0 Å². The third kappa shape index (κ3) is 4.28. The van der Waals surface area contributed by atoms with E-state index < -0.39 is 6.10 Å². The van der Waals surface area contributed by atoms with Crippen molar-refractivity contribution in [2.75, 3.05) is 13.6 Å². The lowest BCUT2D eigenvalue weighted by Crippen LogP contribution is -2.24. The third-order valence-electron chi connectivity index (χ3n) is 3.36. The summed E-state index contributed by atoms with van der Waals surface area (Å²) in [5.41, 5.74) is 2.11. The quantitative estimate of drug-likeness (QED) is 0.917. The first-order chi connectivity index (χ1) is 10.5. The van der Waals surface area contributed by atoms with E-state index in [-0.39, 0.29) is 5.82 Å². The molecule has 0 amide bonds. The third-order valence-corrected chi connectivity index (χ3v) is 3.72. The van der Waals surface area contributed by atoms with Gasteiger partial charge >= 0.3 is 0 Å². The first kappa shape index (κ1) is 16.4. The summed E-state index contributed by atoms with van der Waals surface area (Å²) in [6.07, 6.45) is -0.669. The average molecular weight is 319 g/mol. The van der Waals surface area contributed by atoms with Gasteiger partial charge in [0.05, 0.1) is 17.7 Å². The van der Waals surface area contributed by atoms with Crippen LogP contribution in [0, 0.1) is 17.1 Å². The molecule has 0 aromatic heterocycles. The van der Waals surface area contributed by atoms with Crippen molar-refractivity contribution in [1.29, 1.82) is 5.26 Å². The second-order valence-corrected chi connectivity index (χ2v) is 5.59. The van der Waals surface area contributed by atoms with Crippen molar-refractivity contribution in [1.82, 2.24) is 4.90 Å². The van der Waals surface area contributed by atoms with Crippen LogP contribution in [-0.2, 0) is 6.54 Å². The Morgan fingerprint density at radius 3 is 2.55 bits per heavy atom. The first-order valence-electron chi connectivity index (χ1n) is 6.80. The van der Waals surface area contributed by atoms with Crippen LogP contribution in [0.25, 0.3) is 0 Å². The molecule has 0 fully saturated rings. The molecule has 0 aliphatic carbocycles. The molecule has 0 aliphatic heterocycles. The lowest BCUT2D eigenvalue weighted by Gasteiger charge is -2.21. The van der Waals surface area contributed by atoms with Crippen LogP contribution in [0.1, 0.15) is 22.8 Å². The number of likely N-dealkylation sites (N-methyl/N-ethyl adjacent to an activating group) is 1. The Bertz CT molecular complexity index is 682. The van der Waals surface area contributed by atoms with Gasteiger partial charge in [-0.15, -0.1) is 0 Å². The molecular weight excluding hydrogens is 303 g/mol. The molecule has 0 saturated heterocycles. The number of halogens is 2. The van der Waals surface area contributed by atoms with Crippen molar-refractivity contribution in [2.45, 2.75) is 12.6 Å². The van der Waals surface area contributed by atoms with Crippen LogP contribution >= 0.6 is 11.6 Å². The van der Waals surface area contributed by atoms with Gasteiger partial charge in [0.1, 0.15) is 5.82 Å². The molecule has 3 nitrogen and oxygen atoms in total. The number of hydrogen-bond acceptors (Lipinski definition) is 3. The fraction of sp³-hybridized carbons (Fsp3) is 0.235. The normalized spacial score (nSPS) is 12.2. The van der Waals surface area contributed by atoms with Crippen molar-refractivity contribution in [3.05, 3.63) is 70.0 Å². The molecule has 22 heavy (non-hydrogen) atoms. The van der Waals surface area contributed by atoms with Crippen LogP contribution in [0.2, 0.25) is 5.02 Å². The summed E-state index contributed by atoms with van der Waals surface area (Å²) in [5, 5.41) is 19.4. The molecule has 114 valence electrons. The van der Waals surface area contributed by atoms with Crippen molar-refractivity contribution < 1.29 is 9.50 Å². The molecule has 0 bridgehead atoms. The monoisotopic (exact) mass is 318 g/mol. The lowest BCUT2D eigenvalue weighted by atomic mass is 10.1. The van der Waals surface area contributed by atoms with Crippen molar-refractivity contribution in [3.8, 4) is 6.07 Å². The molecule has 1 unspecified atom stereocenters. The number of aliphatic hydroxyl groups is 1. The molecule has 0 aliphatic rings. The molecular formula is C17H16ClFN2O. The van der Waals surface area contributed by atoms with Gasteiger partial charge in [-0.05, 0) is 42.4 Å². The highest BCUT2D eigenvalue weighted by atomic mass is 35.5. The highest BCUT2D eigenvalue weighted by molar-refractivity contribution is 6.31. The van der Waals surface area contributed by atoms with Gasteiger partial charge in [-0.3, -0.25) is 4.90 Å². The fourth-order valence-corrected chi connectivity index (χ4v) is 2.41. The zero-order chi connectivity index (χ0) is 16.1. The van der Waals surface area contributed by atoms with Gasteiger partial charge in [-0.2, -0.15) is 5.26 Å². The zero-order valence-electron chi connectivity index (χ0n) is 12.1. The Morgan fingerprint density at radius 1 is 1.27 bits per heavy atom. The maximum absolute atomic E-state index is 13.0. The van der Waals surface area contributed by atoms with E-state index in [1.807, 2.05) is 18.0 Å². The minimum absolute atomic E-state index is 0.367. The highest BCUT2D eigenvalue weighted by Gasteiger charge is 2.12. The Hall–Kier alpha value is -1.93. The summed E-state index contributed by atoms with van der Waals surface area (Å²) in [7, 11) is 1.85. The Balaban J connectivity index is 1.98. The SMILES string of the molecule is CN(Cc1ccc(F)cc1Cl)CC(O)c1ccc(C#N)cc1. The largest absolute Gasteiger partial charge is 0.387 e. The van der Waals surface area contributed by atoms with Gasteiger partial charge in [0.2, 0.25) is 0 Å². The minimum atomic E-state index is -0.669. The molecule has 5 heteroatoms. The number of benzene rings is 2. The number of rotatable bonds is 5. The van der Waals surface area contributed by atoms with E-state index in [0.717, 1.165) is 11.1 Å². The smallest absolute Gasteiger partial charge is 0.124 e. The predicted octanol–water partition coefficient (Wildman–Crippen LogP) is 3.52. The molecule has 0 spiro atoms. The number of hydrogen-bond donors (Lipinski definition) is 1. The van der Waals surface area contributed by atoms with Gasteiger partial charge < -0.3 is 5.11 Å². The van der Waals surface area contributed by atoms with Gasteiger partial charge in [-0.1, -0.05) is 29.8 Å². The second-order valence-electron chi connectivity index (χ2n) is 5.18. The van der Waals surface area contributed by atoms with Crippen molar-refractivity contribution in [3.63, 3.8) is 0 Å². The summed E-state index contributed by atoms with van der Waals surface area (Å²) in [5.74, 6) is -0.367. The summed E-state index contributed by atoms with van der Waals surface area (Å²) in [4.78, 5) is 1.90. The summed E-state index contributed by atoms with van der Waals surface area (Å²) in [6.45, 7) is 0.909. The molecule has 0 saturated carbocycles. The van der Waals surface area contributed by atoms with Gasteiger partial charge in [0.15, 0.2) is 0 Å². The maximum Gasteiger partial charge on any atom is 0.124 e. The molecule has 0 radical (unpaired) electrons.